The van der Waals surface area contributed by atoms with Gasteiger partial charge in [0.1, 0.15) is 17.6 Å². The number of halogens is 3. The Morgan fingerprint density at radius 2 is 2.08 bits per heavy atom. The fourth-order valence-corrected chi connectivity index (χ4v) is 4.87. The first-order valence-electron chi connectivity index (χ1n) is 12.6. The number of aliphatic hydroxyl groups is 1. The van der Waals surface area contributed by atoms with Gasteiger partial charge in [-0.1, -0.05) is 6.92 Å². The topological polar surface area (TPSA) is 107 Å². The van der Waals surface area contributed by atoms with Crippen LogP contribution in [0.3, 0.4) is 0 Å². The average molecular weight is 530 g/mol. The first kappa shape index (κ1) is 24.9. The maximum atomic E-state index is 13.5. The van der Waals surface area contributed by atoms with Gasteiger partial charge in [-0.15, -0.1) is 11.3 Å². The summed E-state index contributed by atoms with van der Waals surface area (Å²) in [6, 6.07) is -0.389. The molecule has 0 radical (unpaired) electrons. The molecule has 0 bridgehead atoms. The number of likely N-dealkylation sites (tertiary alicyclic amines) is 1. The van der Waals surface area contributed by atoms with Crippen LogP contribution in [0.5, 0.6) is 0 Å². The molecule has 1 aliphatic heterocycles. The zero-order valence-corrected chi connectivity index (χ0v) is 21.6. The second-order valence-electron chi connectivity index (χ2n) is 9.36. The number of thiazole rings is 1. The van der Waals surface area contributed by atoms with E-state index in [1.54, 1.807) is 11.8 Å². The van der Waals surface area contributed by atoms with Crippen molar-refractivity contribution in [2.45, 2.75) is 77.7 Å². The smallest absolute Gasteiger partial charge is 0.389 e. The summed E-state index contributed by atoms with van der Waals surface area (Å²) < 4.78 is 55.7. The molecular formula is C24H32F3N5O3S. The monoisotopic (exact) mass is 529 g/mol. The van der Waals surface area contributed by atoms with E-state index in [1.165, 1.54) is 33.0 Å². The number of rotatable bonds is 8. The Kier molecular flexibility index (Phi) is 7.42. The van der Waals surface area contributed by atoms with E-state index >= 15 is 0 Å². The number of nitrogens with zero attached hydrogens (tertiary/aromatic N) is 3. The minimum atomic E-state index is -4.46. The second-order valence-corrected chi connectivity index (χ2v) is 10.4. The minimum absolute atomic E-state index is 0.0114. The maximum absolute atomic E-state index is 13.5. The van der Waals surface area contributed by atoms with E-state index in [-0.39, 0.29) is 29.0 Å². The van der Waals surface area contributed by atoms with Gasteiger partial charge >= 0.3 is 6.18 Å². The maximum Gasteiger partial charge on any atom is 0.408 e. The summed E-state index contributed by atoms with van der Waals surface area (Å²) in [4.78, 5) is 36.7. The van der Waals surface area contributed by atoms with Gasteiger partial charge in [0.25, 0.3) is 11.8 Å². The van der Waals surface area contributed by atoms with Gasteiger partial charge < -0.3 is 20.6 Å². The molecule has 36 heavy (non-hydrogen) atoms. The molecule has 1 fully saturated rings. The fourth-order valence-electron chi connectivity index (χ4n) is 3.85. The molecule has 1 saturated heterocycles. The zero-order chi connectivity index (χ0) is 28.6. The van der Waals surface area contributed by atoms with Crippen LogP contribution >= 0.6 is 11.3 Å². The highest BCUT2D eigenvalue weighted by molar-refractivity contribution is 7.17. The van der Waals surface area contributed by atoms with E-state index in [0.717, 1.165) is 24.2 Å². The minimum Gasteiger partial charge on any atom is -0.389 e. The van der Waals surface area contributed by atoms with Crippen LogP contribution in [0.15, 0.2) is 12.3 Å². The number of carbonyl (C=O) groups is 2. The Morgan fingerprint density at radius 1 is 1.39 bits per heavy atom. The molecule has 1 aliphatic rings. The number of amides is 2. The summed E-state index contributed by atoms with van der Waals surface area (Å²) in [5, 5.41) is 14.4. The van der Waals surface area contributed by atoms with Gasteiger partial charge in [0.15, 0.2) is 5.01 Å². The number of carbonyl (C=O) groups excluding carboxylic acids is 2. The van der Waals surface area contributed by atoms with Crippen LogP contribution in [-0.2, 0) is 0 Å². The highest BCUT2D eigenvalue weighted by Gasteiger charge is 2.38. The van der Waals surface area contributed by atoms with Gasteiger partial charge in [0.2, 0.25) is 0 Å². The van der Waals surface area contributed by atoms with Crippen molar-refractivity contribution in [3.8, 4) is 10.4 Å². The van der Waals surface area contributed by atoms with Crippen LogP contribution in [0, 0.1) is 6.92 Å². The number of pyridine rings is 1. The quantitative estimate of drug-likeness (QED) is 0.468. The zero-order valence-electron chi connectivity index (χ0n) is 22.8. The van der Waals surface area contributed by atoms with Gasteiger partial charge in [0, 0.05) is 30.8 Å². The van der Waals surface area contributed by atoms with E-state index in [4.69, 9.17) is 2.74 Å². The van der Waals surface area contributed by atoms with Crippen molar-refractivity contribution in [1.82, 2.24) is 20.2 Å². The third kappa shape index (κ3) is 6.52. The van der Waals surface area contributed by atoms with Crippen LogP contribution < -0.4 is 10.6 Å². The molecule has 3 N–H and O–H groups in total. The molecule has 3 rings (SSSR count). The summed E-state index contributed by atoms with van der Waals surface area (Å²) in [5.41, 5.74) is -1.01. The highest BCUT2D eigenvalue weighted by atomic mass is 32.1. The largest absolute Gasteiger partial charge is 0.408 e. The van der Waals surface area contributed by atoms with Crippen LogP contribution in [0.1, 0.15) is 75.6 Å². The molecule has 0 saturated carbocycles. The van der Waals surface area contributed by atoms with E-state index in [9.17, 15) is 27.9 Å². The van der Waals surface area contributed by atoms with E-state index in [1.807, 2.05) is 6.92 Å². The molecule has 0 spiro atoms. The number of alkyl halides is 3. The molecule has 2 amide bonds. The van der Waals surface area contributed by atoms with Gasteiger partial charge in [-0.2, -0.15) is 13.2 Å². The molecular weight excluding hydrogens is 495 g/mol. The van der Waals surface area contributed by atoms with Crippen LogP contribution in [0.2, 0.25) is 0 Å². The molecule has 8 nitrogen and oxygen atoms in total. The second kappa shape index (κ2) is 10.7. The molecule has 0 unspecified atom stereocenters. The van der Waals surface area contributed by atoms with Gasteiger partial charge in [-0.25, -0.2) is 9.97 Å². The molecule has 0 aliphatic carbocycles. The summed E-state index contributed by atoms with van der Waals surface area (Å²) in [5.74, 6) is -1.32. The summed E-state index contributed by atoms with van der Waals surface area (Å²) >= 11 is 0.844. The van der Waals surface area contributed by atoms with Crippen molar-refractivity contribution in [2.24, 2.45) is 0 Å². The Balaban J connectivity index is 2.03. The first-order valence-corrected chi connectivity index (χ1v) is 12.4. The lowest BCUT2D eigenvalue weighted by Crippen LogP contribution is -2.38. The molecule has 2 atom stereocenters. The van der Waals surface area contributed by atoms with Crippen molar-refractivity contribution in [1.29, 1.82) is 0 Å². The number of aryl methyl sites for hydroxylation is 1. The molecule has 2 aromatic heterocycles. The number of anilines is 1. The van der Waals surface area contributed by atoms with Crippen LogP contribution in [0.4, 0.5) is 19.0 Å². The van der Waals surface area contributed by atoms with Crippen LogP contribution in [0.25, 0.3) is 10.4 Å². The Bertz CT molecular complexity index is 1200. The number of hydrogen-bond acceptors (Lipinski definition) is 7. The van der Waals surface area contributed by atoms with Crippen molar-refractivity contribution < 1.29 is 30.6 Å². The van der Waals surface area contributed by atoms with Crippen molar-refractivity contribution in [3.63, 3.8) is 0 Å². The average Bonchev–Trinajstić information content (AvgIpc) is 3.42. The lowest BCUT2D eigenvalue weighted by atomic mass is 10.1. The van der Waals surface area contributed by atoms with Gasteiger partial charge in [-0.3, -0.25) is 9.59 Å². The third-order valence-electron chi connectivity index (χ3n) is 5.80. The number of nitrogens with one attached hydrogen (secondary N) is 2. The van der Waals surface area contributed by atoms with Gasteiger partial charge in [0.05, 0.1) is 13.2 Å². The Morgan fingerprint density at radius 3 is 2.61 bits per heavy atom. The SMILES string of the molecule is [2H]C([2H])(NC(=O)c1nc(C(=O)N2CCC[C@@H]2C)c(-c2cnc(N[C@@H](CC)C(F)(F)F)cc2C)s1)C(C)(C)O. The first-order chi connectivity index (χ1) is 17.5. The highest BCUT2D eigenvalue weighted by Crippen LogP contribution is 2.35. The fraction of sp³-hybridized carbons (Fsp3) is 0.583. The molecule has 198 valence electrons. The number of aromatic nitrogens is 2. The standard InChI is InChI=1S/C24H32F3N5O3S/c1-6-16(24(25,26)27)30-17-10-13(2)15(11-28-17)19-18(22(34)32-9-7-8-14(32)3)31-21(36-19)20(33)29-12-23(4,5)35/h10-11,14,16,35H,6-9,12H2,1-5H3,(H,28,30)(H,29,33)/t14-,16-/m0/s1/i12D2. The van der Waals surface area contributed by atoms with Crippen LogP contribution in [-0.4, -0.2) is 68.7 Å². The predicted molar refractivity (Wildman–Crippen MR) is 132 cm³/mol. The normalized spacial score (nSPS) is 18.5. The molecule has 2 aromatic rings. The molecule has 12 heteroatoms. The lowest BCUT2D eigenvalue weighted by Gasteiger charge is -2.22. The van der Waals surface area contributed by atoms with E-state index < -0.39 is 36.1 Å². The molecule has 3 heterocycles. The summed E-state index contributed by atoms with van der Waals surface area (Å²) in [6.07, 6.45) is -1.70. The number of hydrogen-bond donors (Lipinski definition) is 3. The summed E-state index contributed by atoms with van der Waals surface area (Å²) in [7, 11) is 0. The Hall–Kier alpha value is -2.73. The van der Waals surface area contributed by atoms with E-state index in [0.29, 0.717) is 22.5 Å². The van der Waals surface area contributed by atoms with Gasteiger partial charge in [-0.05, 0) is 58.6 Å². The third-order valence-corrected chi connectivity index (χ3v) is 6.89. The summed E-state index contributed by atoms with van der Waals surface area (Å²) in [6.45, 7) is 5.38. The molecule has 0 aromatic carbocycles. The lowest BCUT2D eigenvalue weighted by molar-refractivity contribution is -0.142. The predicted octanol–water partition coefficient (Wildman–Crippen LogP) is 4.39. The van der Waals surface area contributed by atoms with Crippen molar-refractivity contribution >= 4 is 29.0 Å². The van der Waals surface area contributed by atoms with E-state index in [2.05, 4.69) is 20.6 Å². The Labute approximate surface area is 215 Å². The van der Waals surface area contributed by atoms with Crippen molar-refractivity contribution in [3.05, 3.63) is 28.5 Å². The van der Waals surface area contributed by atoms with Crippen molar-refractivity contribution in [2.75, 3.05) is 18.4 Å².